The summed E-state index contributed by atoms with van der Waals surface area (Å²) in [7, 11) is -2.31. The third-order valence-corrected chi connectivity index (χ3v) is 1.71. The summed E-state index contributed by atoms with van der Waals surface area (Å²) in [5, 5.41) is 0. The van der Waals surface area contributed by atoms with Crippen LogP contribution in [0.25, 0.3) is 0 Å². The van der Waals surface area contributed by atoms with Crippen molar-refractivity contribution in [2.45, 2.75) is 12.5 Å². The first-order valence-corrected chi connectivity index (χ1v) is 4.26. The van der Waals surface area contributed by atoms with Crippen LogP contribution in [0.5, 0.6) is 0 Å². The third-order valence-electron chi connectivity index (χ3n) is 0.880. The Kier molecular flexibility index (Phi) is 5.70. The summed E-state index contributed by atoms with van der Waals surface area (Å²) in [5.74, 6) is 0. The monoisotopic (exact) mass is 191 g/mol. The zero-order valence-electron chi connectivity index (χ0n) is 6.55. The lowest BCUT2D eigenvalue weighted by Crippen LogP contribution is -2.21. The molecule has 0 aromatic rings. The summed E-state index contributed by atoms with van der Waals surface area (Å²) >= 11 is 0. The first-order valence-electron chi connectivity index (χ1n) is 3.17. The molecule has 0 rings (SSSR count). The van der Waals surface area contributed by atoms with Crippen LogP contribution in [0.1, 0.15) is 0 Å². The lowest BCUT2D eigenvalue weighted by atomic mass is 10.6. The molecule has 0 spiro atoms. The van der Waals surface area contributed by atoms with Crippen molar-refractivity contribution >= 4 is 8.25 Å². The molecule has 0 amide bonds. The Morgan fingerprint density at radius 2 is 1.50 bits per heavy atom. The minimum absolute atomic E-state index is 0.814. The molecule has 0 radical (unpaired) electrons. The molecule has 0 aromatic carbocycles. The Labute approximate surface area is 72.0 Å². The zero-order chi connectivity index (χ0) is 9.56. The fraction of sp³-hybridized carbons (Fsp3) is 0.333. The predicted molar refractivity (Wildman–Crippen MR) is 46.1 cm³/mol. The molecule has 0 bridgehead atoms. The average Bonchev–Trinajstić information content (AvgIpc) is 2.03. The van der Waals surface area contributed by atoms with E-state index in [9.17, 15) is 4.57 Å². The number of hydrogen-bond acceptors (Lipinski definition) is 5. The van der Waals surface area contributed by atoms with Crippen molar-refractivity contribution in [3.8, 4) is 0 Å². The molecule has 2 unspecified atom stereocenters. The maximum Gasteiger partial charge on any atom is 0.701 e. The van der Waals surface area contributed by atoms with E-state index in [1.165, 1.54) is 12.2 Å². The van der Waals surface area contributed by atoms with Crippen LogP contribution < -0.4 is 11.5 Å². The minimum atomic E-state index is -2.31. The third kappa shape index (κ3) is 5.12. The Balaban J connectivity index is 3.73. The maximum atomic E-state index is 10.8. The fourth-order valence-electron chi connectivity index (χ4n) is 0.310. The summed E-state index contributed by atoms with van der Waals surface area (Å²) in [4.78, 5) is 0. The quantitative estimate of drug-likeness (QED) is 0.365. The van der Waals surface area contributed by atoms with Gasteiger partial charge in [-0.3, -0.25) is 11.5 Å². The van der Waals surface area contributed by atoms with Gasteiger partial charge in [0.25, 0.3) is 0 Å². The highest BCUT2D eigenvalue weighted by molar-refractivity contribution is 7.33. The first-order chi connectivity index (χ1) is 5.60. The molecule has 68 valence electrons. The molecular weight excluding hydrogens is 179 g/mol. The van der Waals surface area contributed by atoms with E-state index < -0.39 is 20.7 Å². The Morgan fingerprint density at radius 1 is 1.17 bits per heavy atom. The van der Waals surface area contributed by atoms with Crippen LogP contribution in [-0.4, -0.2) is 12.5 Å². The SMILES string of the molecule is C=CC(N)O[P+](=O)OC(N)C=C. The van der Waals surface area contributed by atoms with E-state index in [2.05, 4.69) is 22.2 Å². The topological polar surface area (TPSA) is 87.6 Å². The molecule has 0 saturated carbocycles. The largest absolute Gasteiger partial charge is 0.701 e. The molecule has 0 aliphatic heterocycles. The second kappa shape index (κ2) is 5.99. The van der Waals surface area contributed by atoms with Gasteiger partial charge in [0.15, 0.2) is 12.5 Å². The van der Waals surface area contributed by atoms with Gasteiger partial charge >= 0.3 is 8.25 Å². The first kappa shape index (κ1) is 11.4. The van der Waals surface area contributed by atoms with Gasteiger partial charge in [0.1, 0.15) is 0 Å². The minimum Gasteiger partial charge on any atom is -0.299 e. The van der Waals surface area contributed by atoms with Crippen LogP contribution in [0.15, 0.2) is 25.3 Å². The fourth-order valence-corrected chi connectivity index (χ4v) is 0.929. The summed E-state index contributed by atoms with van der Waals surface area (Å²) in [6.45, 7) is 6.65. The Morgan fingerprint density at radius 3 is 1.75 bits per heavy atom. The predicted octanol–water partition coefficient (Wildman–Crippen LogP) is 0.619. The van der Waals surface area contributed by atoms with E-state index >= 15 is 0 Å². The maximum absolute atomic E-state index is 10.8. The van der Waals surface area contributed by atoms with E-state index in [0.29, 0.717) is 0 Å². The lowest BCUT2D eigenvalue weighted by Gasteiger charge is -1.97. The normalized spacial score (nSPS) is 16.3. The molecule has 0 aliphatic carbocycles. The molecule has 12 heavy (non-hydrogen) atoms. The molecule has 6 heteroatoms. The highest BCUT2D eigenvalue weighted by Crippen LogP contribution is 2.25. The zero-order valence-corrected chi connectivity index (χ0v) is 7.44. The Hall–Kier alpha value is -0.580. The summed E-state index contributed by atoms with van der Waals surface area (Å²) in [6, 6.07) is 0. The van der Waals surface area contributed by atoms with Gasteiger partial charge in [-0.15, -0.1) is 0 Å². The van der Waals surface area contributed by atoms with Gasteiger partial charge in [-0.1, -0.05) is 22.2 Å². The number of rotatable bonds is 6. The van der Waals surface area contributed by atoms with Crippen LogP contribution >= 0.6 is 8.25 Å². The van der Waals surface area contributed by atoms with Crippen LogP contribution in [0.4, 0.5) is 0 Å². The van der Waals surface area contributed by atoms with Crippen LogP contribution in [0.3, 0.4) is 0 Å². The van der Waals surface area contributed by atoms with Crippen LogP contribution in [0.2, 0.25) is 0 Å². The smallest absolute Gasteiger partial charge is 0.299 e. The average molecular weight is 191 g/mol. The van der Waals surface area contributed by atoms with Gasteiger partial charge in [-0.05, 0) is 12.2 Å². The van der Waals surface area contributed by atoms with E-state index in [0.717, 1.165) is 0 Å². The van der Waals surface area contributed by atoms with Crippen molar-refractivity contribution in [1.29, 1.82) is 0 Å². The van der Waals surface area contributed by atoms with Gasteiger partial charge in [0.05, 0.1) is 0 Å². The highest BCUT2D eigenvalue weighted by Gasteiger charge is 2.26. The standard InChI is InChI=1S/C6H12N2O3P/c1-3-5(7)10-12(9)11-6(8)4-2/h3-6H,1-2,7-8H2/q+1. The number of nitrogens with two attached hydrogens (primary N) is 2. The van der Waals surface area contributed by atoms with Crippen molar-refractivity contribution in [2.24, 2.45) is 11.5 Å². The second-order valence-corrected chi connectivity index (χ2v) is 2.70. The summed E-state index contributed by atoms with van der Waals surface area (Å²) < 4.78 is 20.0. The van der Waals surface area contributed by atoms with Crippen LogP contribution in [0, 0.1) is 0 Å². The van der Waals surface area contributed by atoms with Crippen molar-refractivity contribution in [1.82, 2.24) is 0 Å². The van der Waals surface area contributed by atoms with Crippen molar-refractivity contribution < 1.29 is 13.6 Å². The van der Waals surface area contributed by atoms with E-state index in [1.54, 1.807) is 0 Å². The van der Waals surface area contributed by atoms with Crippen molar-refractivity contribution in [2.75, 3.05) is 0 Å². The molecule has 0 fully saturated rings. The molecule has 4 N–H and O–H groups in total. The van der Waals surface area contributed by atoms with E-state index in [4.69, 9.17) is 11.5 Å². The van der Waals surface area contributed by atoms with Gasteiger partial charge in [-0.2, -0.15) is 0 Å². The molecule has 0 aromatic heterocycles. The molecular formula is C6H12N2O3P+. The Bertz CT molecular complexity index is 168. The van der Waals surface area contributed by atoms with Crippen molar-refractivity contribution in [3.05, 3.63) is 25.3 Å². The molecule has 0 aliphatic rings. The van der Waals surface area contributed by atoms with Crippen LogP contribution in [-0.2, 0) is 13.6 Å². The molecule has 0 heterocycles. The molecule has 0 saturated heterocycles. The van der Waals surface area contributed by atoms with Crippen molar-refractivity contribution in [3.63, 3.8) is 0 Å². The number of hydrogen-bond donors (Lipinski definition) is 2. The van der Waals surface area contributed by atoms with Gasteiger partial charge in [-0.25, -0.2) is 0 Å². The molecule has 5 nitrogen and oxygen atoms in total. The van der Waals surface area contributed by atoms with E-state index in [1.807, 2.05) is 0 Å². The lowest BCUT2D eigenvalue weighted by molar-refractivity contribution is 0.174. The molecule has 2 atom stereocenters. The second-order valence-electron chi connectivity index (χ2n) is 1.84. The van der Waals surface area contributed by atoms with Gasteiger partial charge < -0.3 is 0 Å². The van der Waals surface area contributed by atoms with E-state index in [-0.39, 0.29) is 0 Å². The highest BCUT2D eigenvalue weighted by atomic mass is 31.1. The van der Waals surface area contributed by atoms with Gasteiger partial charge in [0, 0.05) is 4.57 Å². The summed E-state index contributed by atoms with van der Waals surface area (Å²) in [6.07, 6.45) is 0.947. The summed E-state index contributed by atoms with van der Waals surface area (Å²) in [5.41, 5.74) is 10.4. The van der Waals surface area contributed by atoms with Gasteiger partial charge in [0.2, 0.25) is 0 Å².